The molecule has 3 N–H and O–H groups in total. The molecule has 2 atom stereocenters. The molecule has 0 saturated heterocycles. The molecule has 2 aliphatic carbocycles. The van der Waals surface area contributed by atoms with Crippen LogP contribution in [0.2, 0.25) is 0 Å². The first-order chi connectivity index (χ1) is 7.84. The summed E-state index contributed by atoms with van der Waals surface area (Å²) in [6.07, 6.45) is 7.67. The third-order valence-corrected chi connectivity index (χ3v) is 3.71. The maximum absolute atomic E-state index is 5.88. The van der Waals surface area contributed by atoms with Crippen LogP contribution in [0.5, 0.6) is 0 Å². The first-order valence-corrected chi connectivity index (χ1v) is 6.88. The van der Waals surface area contributed by atoms with Crippen LogP contribution in [-0.2, 0) is 4.74 Å². The average Bonchev–Trinajstić information content (AvgIpc) is 3.00. The van der Waals surface area contributed by atoms with E-state index >= 15 is 0 Å². The zero-order valence-corrected chi connectivity index (χ0v) is 10.3. The lowest BCUT2D eigenvalue weighted by Crippen LogP contribution is -2.24. The number of hydrogen-bond donors (Lipinski definition) is 2. The highest BCUT2D eigenvalue weighted by Gasteiger charge is 2.21. The molecular weight excluding hydrogens is 200 g/mol. The van der Waals surface area contributed by atoms with Crippen LogP contribution in [-0.4, -0.2) is 32.3 Å². The SMILES string of the molecule is NC1CCC(CNCCCOCC2CC2)C1. The second kappa shape index (κ2) is 6.58. The lowest BCUT2D eigenvalue weighted by atomic mass is 10.1. The normalized spacial score (nSPS) is 29.8. The van der Waals surface area contributed by atoms with Gasteiger partial charge in [0.1, 0.15) is 0 Å². The van der Waals surface area contributed by atoms with Gasteiger partial charge in [-0.1, -0.05) is 0 Å². The van der Waals surface area contributed by atoms with Crippen LogP contribution in [0.1, 0.15) is 38.5 Å². The molecule has 2 saturated carbocycles. The number of nitrogens with two attached hydrogens (primary N) is 1. The van der Waals surface area contributed by atoms with E-state index in [9.17, 15) is 0 Å². The van der Waals surface area contributed by atoms with Crippen molar-refractivity contribution in [3.8, 4) is 0 Å². The van der Waals surface area contributed by atoms with Crippen molar-refractivity contribution in [3.63, 3.8) is 0 Å². The fourth-order valence-electron chi connectivity index (χ4n) is 2.44. The van der Waals surface area contributed by atoms with Crippen LogP contribution in [0.4, 0.5) is 0 Å². The van der Waals surface area contributed by atoms with Crippen LogP contribution in [0.25, 0.3) is 0 Å². The van der Waals surface area contributed by atoms with Gasteiger partial charge in [0.2, 0.25) is 0 Å². The van der Waals surface area contributed by atoms with Crippen molar-refractivity contribution in [2.75, 3.05) is 26.3 Å². The largest absolute Gasteiger partial charge is 0.381 e. The molecule has 16 heavy (non-hydrogen) atoms. The van der Waals surface area contributed by atoms with Gasteiger partial charge in [0.15, 0.2) is 0 Å². The molecule has 0 aromatic heterocycles. The summed E-state index contributed by atoms with van der Waals surface area (Å²) in [7, 11) is 0. The Kier molecular flexibility index (Phi) is 5.07. The lowest BCUT2D eigenvalue weighted by molar-refractivity contribution is 0.122. The van der Waals surface area contributed by atoms with E-state index < -0.39 is 0 Å². The molecular formula is C13H26N2O. The Morgan fingerprint density at radius 2 is 1.94 bits per heavy atom. The molecule has 2 aliphatic rings. The van der Waals surface area contributed by atoms with Crippen LogP contribution in [0.3, 0.4) is 0 Å². The number of ether oxygens (including phenoxy) is 1. The monoisotopic (exact) mass is 226 g/mol. The van der Waals surface area contributed by atoms with E-state index in [0.29, 0.717) is 6.04 Å². The van der Waals surface area contributed by atoms with Gasteiger partial charge in [0.25, 0.3) is 0 Å². The zero-order valence-electron chi connectivity index (χ0n) is 10.3. The molecule has 94 valence electrons. The van der Waals surface area contributed by atoms with Crippen LogP contribution >= 0.6 is 0 Å². The molecule has 0 aromatic rings. The number of nitrogens with one attached hydrogen (secondary N) is 1. The van der Waals surface area contributed by atoms with Crippen molar-refractivity contribution in [2.24, 2.45) is 17.6 Å². The van der Waals surface area contributed by atoms with E-state index in [0.717, 1.165) is 44.6 Å². The van der Waals surface area contributed by atoms with Crippen LogP contribution < -0.4 is 11.1 Å². The number of hydrogen-bond acceptors (Lipinski definition) is 3. The maximum Gasteiger partial charge on any atom is 0.0494 e. The first-order valence-electron chi connectivity index (χ1n) is 6.88. The topological polar surface area (TPSA) is 47.3 Å². The summed E-state index contributed by atoms with van der Waals surface area (Å²) in [5.74, 6) is 1.72. The fourth-order valence-corrected chi connectivity index (χ4v) is 2.44. The predicted molar refractivity (Wildman–Crippen MR) is 66.3 cm³/mol. The fraction of sp³-hybridized carbons (Fsp3) is 1.00. The molecule has 0 aliphatic heterocycles. The van der Waals surface area contributed by atoms with Crippen molar-refractivity contribution in [1.82, 2.24) is 5.32 Å². The molecule has 2 unspecified atom stereocenters. The minimum Gasteiger partial charge on any atom is -0.381 e. The Balaban J connectivity index is 1.34. The van der Waals surface area contributed by atoms with Gasteiger partial charge in [-0.25, -0.2) is 0 Å². The molecule has 0 radical (unpaired) electrons. The average molecular weight is 226 g/mol. The third-order valence-electron chi connectivity index (χ3n) is 3.71. The molecule has 2 fully saturated rings. The quantitative estimate of drug-likeness (QED) is 0.617. The van der Waals surface area contributed by atoms with Gasteiger partial charge in [-0.2, -0.15) is 0 Å². The molecule has 0 aromatic carbocycles. The summed E-state index contributed by atoms with van der Waals surface area (Å²) < 4.78 is 5.59. The van der Waals surface area contributed by atoms with Crippen molar-refractivity contribution >= 4 is 0 Å². The molecule has 0 bridgehead atoms. The Bertz CT molecular complexity index is 194. The maximum atomic E-state index is 5.88. The van der Waals surface area contributed by atoms with Gasteiger partial charge in [-0.05, 0) is 63.5 Å². The van der Waals surface area contributed by atoms with Gasteiger partial charge in [-0.15, -0.1) is 0 Å². The first kappa shape index (κ1) is 12.3. The molecule has 3 nitrogen and oxygen atoms in total. The van der Waals surface area contributed by atoms with E-state index in [4.69, 9.17) is 10.5 Å². The van der Waals surface area contributed by atoms with Gasteiger partial charge in [0, 0.05) is 19.3 Å². The second-order valence-corrected chi connectivity index (χ2v) is 5.52. The van der Waals surface area contributed by atoms with Crippen molar-refractivity contribution in [1.29, 1.82) is 0 Å². The van der Waals surface area contributed by atoms with Gasteiger partial charge in [0.05, 0.1) is 0 Å². The van der Waals surface area contributed by atoms with Crippen molar-refractivity contribution in [3.05, 3.63) is 0 Å². The third kappa shape index (κ3) is 4.81. The highest BCUT2D eigenvalue weighted by atomic mass is 16.5. The standard InChI is InChI=1S/C13H26N2O/c14-13-5-4-12(8-13)9-15-6-1-7-16-10-11-2-3-11/h11-13,15H,1-10,14H2. The Hall–Kier alpha value is -0.120. The summed E-state index contributed by atoms with van der Waals surface area (Å²) in [6.45, 7) is 4.16. The van der Waals surface area contributed by atoms with Crippen molar-refractivity contribution in [2.45, 2.75) is 44.6 Å². The molecule has 2 rings (SSSR count). The summed E-state index contributed by atoms with van der Waals surface area (Å²) >= 11 is 0. The van der Waals surface area contributed by atoms with E-state index in [1.54, 1.807) is 0 Å². The summed E-state index contributed by atoms with van der Waals surface area (Å²) in [5.41, 5.74) is 5.88. The van der Waals surface area contributed by atoms with Crippen LogP contribution in [0, 0.1) is 11.8 Å². The summed E-state index contributed by atoms with van der Waals surface area (Å²) in [4.78, 5) is 0. The van der Waals surface area contributed by atoms with Gasteiger partial charge in [-0.3, -0.25) is 0 Å². The number of rotatable bonds is 8. The van der Waals surface area contributed by atoms with Crippen molar-refractivity contribution < 1.29 is 4.74 Å². The van der Waals surface area contributed by atoms with Crippen LogP contribution in [0.15, 0.2) is 0 Å². The zero-order chi connectivity index (χ0) is 11.2. The highest BCUT2D eigenvalue weighted by Crippen LogP contribution is 2.28. The summed E-state index contributed by atoms with van der Waals surface area (Å²) in [5, 5.41) is 3.52. The smallest absolute Gasteiger partial charge is 0.0494 e. The molecule has 0 spiro atoms. The van der Waals surface area contributed by atoms with E-state index in [2.05, 4.69) is 5.32 Å². The molecule has 0 amide bonds. The Morgan fingerprint density at radius 3 is 2.62 bits per heavy atom. The minimum atomic E-state index is 0.466. The second-order valence-electron chi connectivity index (χ2n) is 5.52. The predicted octanol–water partition coefficient (Wildman–Crippen LogP) is 1.52. The summed E-state index contributed by atoms with van der Waals surface area (Å²) in [6, 6.07) is 0.466. The minimum absolute atomic E-state index is 0.466. The lowest BCUT2D eigenvalue weighted by Gasteiger charge is -2.10. The van der Waals surface area contributed by atoms with Gasteiger partial charge < -0.3 is 15.8 Å². The Morgan fingerprint density at radius 1 is 1.12 bits per heavy atom. The Labute approximate surface area is 99.1 Å². The van der Waals surface area contributed by atoms with E-state index in [1.807, 2.05) is 0 Å². The highest BCUT2D eigenvalue weighted by molar-refractivity contribution is 4.78. The van der Waals surface area contributed by atoms with Gasteiger partial charge >= 0.3 is 0 Å². The molecule has 0 heterocycles. The van der Waals surface area contributed by atoms with E-state index in [1.165, 1.54) is 32.1 Å². The van der Waals surface area contributed by atoms with E-state index in [-0.39, 0.29) is 0 Å². The molecule has 3 heteroatoms.